The zero-order valence-electron chi connectivity index (χ0n) is 10.9. The number of thioether (sulfide) groups is 1. The predicted octanol–water partition coefficient (Wildman–Crippen LogP) is 3.13. The first-order valence-corrected chi connectivity index (χ1v) is 7.26. The molecular weight excluding hydrogens is 278 g/mol. The van der Waals surface area contributed by atoms with E-state index in [0.717, 1.165) is 0 Å². The van der Waals surface area contributed by atoms with Gasteiger partial charge in [0.25, 0.3) is 0 Å². The predicted molar refractivity (Wildman–Crippen MR) is 78.3 cm³/mol. The number of nitrogens with one attached hydrogen (secondary N) is 1. The molecule has 0 aromatic heterocycles. The first-order chi connectivity index (χ1) is 9.70. The van der Waals surface area contributed by atoms with Crippen molar-refractivity contribution in [1.82, 2.24) is 5.43 Å². The molecule has 0 aliphatic heterocycles. The summed E-state index contributed by atoms with van der Waals surface area (Å²) in [4.78, 5) is 0.571. The molecule has 2 aromatic rings. The van der Waals surface area contributed by atoms with E-state index in [9.17, 15) is 8.78 Å². The second-order valence-electron chi connectivity index (χ2n) is 4.40. The minimum Gasteiger partial charge on any atom is -0.271 e. The highest BCUT2D eigenvalue weighted by Gasteiger charge is 2.12. The van der Waals surface area contributed by atoms with Crippen LogP contribution in [-0.4, -0.2) is 11.8 Å². The Morgan fingerprint density at radius 3 is 2.30 bits per heavy atom. The van der Waals surface area contributed by atoms with E-state index >= 15 is 0 Å². The van der Waals surface area contributed by atoms with Crippen molar-refractivity contribution >= 4 is 11.8 Å². The zero-order valence-corrected chi connectivity index (χ0v) is 11.7. The van der Waals surface area contributed by atoms with Gasteiger partial charge in [-0.2, -0.15) is 0 Å². The number of halogens is 2. The highest BCUT2D eigenvalue weighted by molar-refractivity contribution is 7.99. The van der Waals surface area contributed by atoms with Gasteiger partial charge >= 0.3 is 0 Å². The zero-order chi connectivity index (χ0) is 14.4. The normalized spacial score (nSPS) is 12.3. The summed E-state index contributed by atoms with van der Waals surface area (Å²) in [6.45, 7) is 0. The average Bonchev–Trinajstić information content (AvgIpc) is 2.47. The number of hydrazine groups is 1. The van der Waals surface area contributed by atoms with Crippen LogP contribution in [-0.2, 0) is 6.42 Å². The molecule has 0 fully saturated rings. The third-order valence-corrected chi connectivity index (χ3v) is 4.15. The van der Waals surface area contributed by atoms with E-state index in [1.807, 2.05) is 0 Å². The van der Waals surface area contributed by atoms with Crippen LogP contribution in [0.3, 0.4) is 0 Å². The molecule has 20 heavy (non-hydrogen) atoms. The van der Waals surface area contributed by atoms with Gasteiger partial charge in [-0.15, -0.1) is 11.8 Å². The summed E-state index contributed by atoms with van der Waals surface area (Å²) in [6, 6.07) is 13.0. The van der Waals surface area contributed by atoms with E-state index < -0.39 is 0 Å². The molecule has 0 heterocycles. The Balaban J connectivity index is 1.96. The third-order valence-electron chi connectivity index (χ3n) is 2.94. The van der Waals surface area contributed by atoms with Crippen LogP contribution in [0.25, 0.3) is 0 Å². The maximum atomic E-state index is 13.6. The molecule has 0 radical (unpaired) electrons. The quantitative estimate of drug-likeness (QED) is 0.488. The second-order valence-corrected chi connectivity index (χ2v) is 5.46. The highest BCUT2D eigenvalue weighted by atomic mass is 32.2. The fourth-order valence-electron chi connectivity index (χ4n) is 1.85. The summed E-state index contributed by atoms with van der Waals surface area (Å²) in [5.74, 6) is 5.56. The van der Waals surface area contributed by atoms with Gasteiger partial charge in [-0.3, -0.25) is 11.3 Å². The van der Waals surface area contributed by atoms with E-state index in [4.69, 9.17) is 5.84 Å². The lowest BCUT2D eigenvalue weighted by Crippen LogP contribution is -2.38. The number of hydrogen-bond acceptors (Lipinski definition) is 3. The van der Waals surface area contributed by atoms with Crippen molar-refractivity contribution in [1.29, 1.82) is 0 Å². The molecule has 0 saturated carbocycles. The summed E-state index contributed by atoms with van der Waals surface area (Å²) < 4.78 is 27.1. The lowest BCUT2D eigenvalue weighted by Gasteiger charge is -2.16. The maximum Gasteiger partial charge on any atom is 0.136 e. The molecule has 0 amide bonds. The molecule has 1 atom stereocenters. The van der Waals surface area contributed by atoms with Crippen molar-refractivity contribution < 1.29 is 8.78 Å². The lowest BCUT2D eigenvalue weighted by atomic mass is 10.1. The summed E-state index contributed by atoms with van der Waals surface area (Å²) in [7, 11) is 0. The van der Waals surface area contributed by atoms with Gasteiger partial charge in [0.05, 0.1) is 0 Å². The molecule has 5 heteroatoms. The molecule has 0 aliphatic rings. The van der Waals surface area contributed by atoms with Crippen LogP contribution in [0, 0.1) is 11.6 Å². The first-order valence-electron chi connectivity index (χ1n) is 6.27. The molecule has 2 aromatic carbocycles. The van der Waals surface area contributed by atoms with Crippen LogP contribution in [0.15, 0.2) is 53.4 Å². The lowest BCUT2D eigenvalue weighted by molar-refractivity contribution is 0.546. The van der Waals surface area contributed by atoms with E-state index in [1.165, 1.54) is 23.9 Å². The number of nitrogens with two attached hydrogens (primary N) is 1. The van der Waals surface area contributed by atoms with Gasteiger partial charge in [0.1, 0.15) is 11.6 Å². The topological polar surface area (TPSA) is 38.0 Å². The van der Waals surface area contributed by atoms with Gasteiger partial charge < -0.3 is 0 Å². The van der Waals surface area contributed by atoms with Crippen LogP contribution in [0.5, 0.6) is 0 Å². The van der Waals surface area contributed by atoms with Crippen molar-refractivity contribution in [2.24, 2.45) is 5.84 Å². The van der Waals surface area contributed by atoms with Crippen LogP contribution in [0.2, 0.25) is 0 Å². The number of rotatable bonds is 6. The molecule has 3 N–H and O–H groups in total. The van der Waals surface area contributed by atoms with Gasteiger partial charge in [-0.05, 0) is 30.2 Å². The third kappa shape index (κ3) is 4.03. The van der Waals surface area contributed by atoms with Crippen LogP contribution < -0.4 is 11.3 Å². The van der Waals surface area contributed by atoms with Crippen molar-refractivity contribution in [3.8, 4) is 0 Å². The number of hydrogen-bond donors (Lipinski definition) is 2. The Labute approximate surface area is 121 Å². The SMILES string of the molecule is NNC(CSc1ccccc1F)Cc1ccccc1F. The van der Waals surface area contributed by atoms with Crippen molar-refractivity contribution in [2.45, 2.75) is 17.4 Å². The fourth-order valence-corrected chi connectivity index (χ4v) is 2.82. The molecule has 0 saturated heterocycles. The van der Waals surface area contributed by atoms with E-state index in [0.29, 0.717) is 22.6 Å². The van der Waals surface area contributed by atoms with Gasteiger partial charge in [-0.1, -0.05) is 30.3 Å². The van der Waals surface area contributed by atoms with Crippen LogP contribution in [0.4, 0.5) is 8.78 Å². The monoisotopic (exact) mass is 294 g/mol. The number of benzene rings is 2. The summed E-state index contributed by atoms with van der Waals surface area (Å²) in [5, 5.41) is 0. The Morgan fingerprint density at radius 1 is 1.00 bits per heavy atom. The first kappa shape index (κ1) is 15.0. The van der Waals surface area contributed by atoms with E-state index in [-0.39, 0.29) is 17.7 Å². The summed E-state index contributed by atoms with van der Waals surface area (Å²) in [5.41, 5.74) is 3.26. The maximum absolute atomic E-state index is 13.6. The van der Waals surface area contributed by atoms with E-state index in [2.05, 4.69) is 5.43 Å². The van der Waals surface area contributed by atoms with Crippen molar-refractivity contribution in [2.75, 3.05) is 5.75 Å². The molecule has 106 valence electrons. The largest absolute Gasteiger partial charge is 0.271 e. The average molecular weight is 294 g/mol. The Morgan fingerprint density at radius 2 is 1.65 bits per heavy atom. The molecule has 0 bridgehead atoms. The van der Waals surface area contributed by atoms with E-state index in [1.54, 1.807) is 36.4 Å². The highest BCUT2D eigenvalue weighted by Crippen LogP contribution is 2.22. The minimum atomic E-state index is -0.251. The van der Waals surface area contributed by atoms with Gasteiger partial charge in [0.2, 0.25) is 0 Å². The van der Waals surface area contributed by atoms with Gasteiger partial charge in [0.15, 0.2) is 0 Å². The minimum absolute atomic E-state index is 0.128. The van der Waals surface area contributed by atoms with Crippen LogP contribution in [0.1, 0.15) is 5.56 Å². The van der Waals surface area contributed by atoms with Crippen molar-refractivity contribution in [3.63, 3.8) is 0 Å². The molecule has 2 nitrogen and oxygen atoms in total. The molecule has 1 unspecified atom stereocenters. The molecule has 0 spiro atoms. The standard InChI is InChI=1S/C15H16F2N2S/c16-13-6-2-1-5-11(13)9-12(19-18)10-20-15-8-4-3-7-14(15)17/h1-8,12,19H,9-10,18H2. The smallest absolute Gasteiger partial charge is 0.136 e. The Hall–Kier alpha value is -1.43. The van der Waals surface area contributed by atoms with Crippen LogP contribution >= 0.6 is 11.8 Å². The Kier molecular flexibility index (Phi) is 5.52. The second kappa shape index (κ2) is 7.38. The Bertz CT molecular complexity index is 563. The fraction of sp³-hybridized carbons (Fsp3) is 0.200. The molecule has 0 aliphatic carbocycles. The van der Waals surface area contributed by atoms with Crippen molar-refractivity contribution in [3.05, 3.63) is 65.7 Å². The molecular formula is C15H16F2N2S. The van der Waals surface area contributed by atoms with Gasteiger partial charge in [0, 0.05) is 16.7 Å². The summed E-state index contributed by atoms with van der Waals surface area (Å²) >= 11 is 1.36. The molecule has 2 rings (SSSR count). The summed E-state index contributed by atoms with van der Waals surface area (Å²) in [6.07, 6.45) is 0.463. The van der Waals surface area contributed by atoms with Gasteiger partial charge in [-0.25, -0.2) is 8.78 Å².